The van der Waals surface area contributed by atoms with Gasteiger partial charge < -0.3 is 0 Å². The van der Waals surface area contributed by atoms with Crippen molar-refractivity contribution in [2.75, 3.05) is 0 Å². The van der Waals surface area contributed by atoms with Crippen LogP contribution in [-0.4, -0.2) is 4.40 Å². The summed E-state index contributed by atoms with van der Waals surface area (Å²) in [6.45, 7) is 0.998. The van der Waals surface area contributed by atoms with E-state index in [9.17, 15) is 0 Å². The number of rotatable bonds is 0. The van der Waals surface area contributed by atoms with Crippen LogP contribution in [0.1, 0.15) is 5.56 Å². The molecule has 0 amide bonds. The number of fused-ring (bicyclic) bond motifs is 5. The van der Waals surface area contributed by atoms with E-state index in [0.717, 1.165) is 6.54 Å². The van der Waals surface area contributed by atoms with Crippen LogP contribution in [0.15, 0.2) is 54.9 Å². The number of imidazole rings is 1. The minimum absolute atomic E-state index is 0.998. The van der Waals surface area contributed by atoms with Gasteiger partial charge in [-0.15, -0.1) is 0 Å². The molecular formula is C18H11N2S+. The van der Waals surface area contributed by atoms with Gasteiger partial charge in [-0.2, -0.15) is 4.40 Å². The van der Waals surface area contributed by atoms with Gasteiger partial charge in [0.05, 0.1) is 5.39 Å². The van der Waals surface area contributed by atoms with Crippen molar-refractivity contribution in [1.82, 2.24) is 4.40 Å². The van der Waals surface area contributed by atoms with Gasteiger partial charge in [0.2, 0.25) is 0 Å². The Labute approximate surface area is 124 Å². The van der Waals surface area contributed by atoms with Crippen LogP contribution < -0.4 is 4.57 Å². The molecule has 3 heteroatoms. The molecule has 0 bridgehead atoms. The Hall–Kier alpha value is -2.39. The van der Waals surface area contributed by atoms with Crippen molar-refractivity contribution >= 4 is 48.1 Å². The van der Waals surface area contributed by atoms with Gasteiger partial charge in [0, 0.05) is 26.4 Å². The van der Waals surface area contributed by atoms with Crippen LogP contribution in [0.25, 0.3) is 36.7 Å². The molecule has 0 radical (unpaired) electrons. The minimum atomic E-state index is 0.998. The Morgan fingerprint density at radius 2 is 1.86 bits per heavy atom. The summed E-state index contributed by atoms with van der Waals surface area (Å²) in [5.74, 6) is 0. The van der Waals surface area contributed by atoms with Crippen molar-refractivity contribution in [2.24, 2.45) is 0 Å². The molecule has 0 N–H and O–H groups in total. The molecule has 3 aromatic heterocycles. The lowest BCUT2D eigenvalue weighted by Gasteiger charge is -2.00. The Balaban J connectivity index is 2.11. The highest BCUT2D eigenvalue weighted by molar-refractivity contribution is 7.25. The number of benzene rings is 2. The normalized spacial score (nSPS) is 13.5. The van der Waals surface area contributed by atoms with E-state index in [1.54, 1.807) is 0 Å². The summed E-state index contributed by atoms with van der Waals surface area (Å²) in [7, 11) is 0. The first-order valence-corrected chi connectivity index (χ1v) is 7.99. The molecule has 0 fully saturated rings. The second-order valence-corrected chi connectivity index (χ2v) is 6.77. The largest absolute Gasteiger partial charge is 0.296 e. The van der Waals surface area contributed by atoms with Crippen LogP contribution in [0.5, 0.6) is 0 Å². The SMILES string of the molecule is c1ccc2c(c1)sc1c2c2cccc3c2c2n1cc[n+]2C3. The Morgan fingerprint density at radius 1 is 0.952 bits per heavy atom. The Bertz CT molecular complexity index is 1210. The van der Waals surface area contributed by atoms with Gasteiger partial charge in [0.1, 0.15) is 18.9 Å². The molecule has 0 saturated carbocycles. The second-order valence-electron chi connectivity index (χ2n) is 5.74. The smallest absolute Gasteiger partial charge is 0.225 e. The monoisotopic (exact) mass is 287 g/mol. The molecule has 6 rings (SSSR count). The molecule has 0 unspecified atom stereocenters. The zero-order chi connectivity index (χ0) is 13.6. The van der Waals surface area contributed by atoms with E-state index in [-0.39, 0.29) is 0 Å². The van der Waals surface area contributed by atoms with Gasteiger partial charge in [-0.3, -0.25) is 0 Å². The number of aromatic nitrogens is 2. The summed E-state index contributed by atoms with van der Waals surface area (Å²) in [6.07, 6.45) is 4.42. The Kier molecular flexibility index (Phi) is 1.61. The summed E-state index contributed by atoms with van der Waals surface area (Å²) >= 11 is 1.89. The standard InChI is InChI=1S/C18H11N2S/c1-2-7-14-12(5-1)16-13-6-3-4-11-10-19-8-9-20(18(16)21-14)17(19)15(11)13/h1-9H,10H2/q+1. The summed E-state index contributed by atoms with van der Waals surface area (Å²) in [4.78, 5) is 1.36. The van der Waals surface area contributed by atoms with E-state index < -0.39 is 0 Å². The maximum atomic E-state index is 2.37. The lowest BCUT2D eigenvalue weighted by atomic mass is 10.0. The van der Waals surface area contributed by atoms with E-state index in [1.807, 2.05) is 11.3 Å². The van der Waals surface area contributed by atoms with Crippen molar-refractivity contribution < 1.29 is 4.57 Å². The van der Waals surface area contributed by atoms with Crippen molar-refractivity contribution in [3.05, 3.63) is 60.4 Å². The van der Waals surface area contributed by atoms with Gasteiger partial charge in [-0.1, -0.05) is 47.7 Å². The molecule has 0 saturated heterocycles. The fourth-order valence-corrected chi connectivity index (χ4v) is 5.04. The average Bonchev–Trinajstić information content (AvgIpc) is 3.17. The van der Waals surface area contributed by atoms with E-state index in [1.165, 1.54) is 42.3 Å². The molecule has 1 aliphatic rings. The highest BCUT2D eigenvalue weighted by Crippen LogP contribution is 2.41. The number of nitrogens with zero attached hydrogens (tertiary/aromatic N) is 2. The molecule has 2 aromatic carbocycles. The van der Waals surface area contributed by atoms with Gasteiger partial charge in [-0.05, 0) is 6.07 Å². The predicted octanol–water partition coefficient (Wildman–Crippen LogP) is 4.11. The summed E-state index contributed by atoms with van der Waals surface area (Å²) < 4.78 is 6.10. The fraction of sp³-hybridized carbons (Fsp3) is 0.0556. The van der Waals surface area contributed by atoms with Crippen LogP contribution in [-0.2, 0) is 6.54 Å². The van der Waals surface area contributed by atoms with Crippen molar-refractivity contribution in [2.45, 2.75) is 6.54 Å². The first kappa shape index (κ1) is 10.4. The third-order valence-electron chi connectivity index (χ3n) is 4.68. The quantitative estimate of drug-likeness (QED) is 0.372. The fourth-order valence-electron chi connectivity index (χ4n) is 3.83. The van der Waals surface area contributed by atoms with Crippen molar-refractivity contribution in [3.8, 4) is 0 Å². The second kappa shape index (κ2) is 3.26. The van der Waals surface area contributed by atoms with Crippen molar-refractivity contribution in [3.63, 3.8) is 0 Å². The van der Waals surface area contributed by atoms with Gasteiger partial charge in [0.25, 0.3) is 5.65 Å². The maximum absolute atomic E-state index is 2.37. The first-order valence-electron chi connectivity index (χ1n) is 7.17. The highest BCUT2D eigenvalue weighted by Gasteiger charge is 2.28. The number of pyridine rings is 1. The van der Waals surface area contributed by atoms with Crippen LogP contribution in [0.2, 0.25) is 0 Å². The predicted molar refractivity (Wildman–Crippen MR) is 87.1 cm³/mol. The molecule has 98 valence electrons. The lowest BCUT2D eigenvalue weighted by molar-refractivity contribution is -0.657. The van der Waals surface area contributed by atoms with Gasteiger partial charge >= 0.3 is 0 Å². The minimum Gasteiger partial charge on any atom is -0.225 e. The van der Waals surface area contributed by atoms with Gasteiger partial charge in [0.15, 0.2) is 4.83 Å². The zero-order valence-corrected chi connectivity index (χ0v) is 12.0. The van der Waals surface area contributed by atoms with Gasteiger partial charge in [-0.25, -0.2) is 4.57 Å². The lowest BCUT2D eigenvalue weighted by Crippen LogP contribution is -2.28. The van der Waals surface area contributed by atoms with Crippen molar-refractivity contribution in [1.29, 1.82) is 0 Å². The first-order chi connectivity index (χ1) is 10.4. The third-order valence-corrected chi connectivity index (χ3v) is 5.85. The molecule has 0 spiro atoms. The molecule has 21 heavy (non-hydrogen) atoms. The zero-order valence-electron chi connectivity index (χ0n) is 11.2. The molecule has 4 heterocycles. The topological polar surface area (TPSA) is 8.29 Å². The third kappa shape index (κ3) is 1.06. The van der Waals surface area contributed by atoms with Crippen LogP contribution in [0.4, 0.5) is 0 Å². The number of hydrogen-bond acceptors (Lipinski definition) is 1. The van der Waals surface area contributed by atoms with E-state index in [0.29, 0.717) is 0 Å². The highest BCUT2D eigenvalue weighted by atomic mass is 32.1. The molecule has 1 aliphatic heterocycles. The maximum Gasteiger partial charge on any atom is 0.296 e. The summed E-state index contributed by atoms with van der Waals surface area (Å²) in [6, 6.07) is 15.5. The molecule has 0 atom stereocenters. The van der Waals surface area contributed by atoms with E-state index in [2.05, 4.69) is 63.8 Å². The van der Waals surface area contributed by atoms with Crippen LogP contribution in [0, 0.1) is 0 Å². The average molecular weight is 287 g/mol. The Morgan fingerprint density at radius 3 is 2.86 bits per heavy atom. The molecular weight excluding hydrogens is 276 g/mol. The molecule has 0 aliphatic carbocycles. The van der Waals surface area contributed by atoms with Crippen LogP contribution in [0.3, 0.4) is 0 Å². The summed E-state index contributed by atoms with van der Waals surface area (Å²) in [5, 5.41) is 5.62. The van der Waals surface area contributed by atoms with Crippen LogP contribution >= 0.6 is 11.3 Å². The molecule has 5 aromatic rings. The number of thiophene rings is 1. The molecule has 2 nitrogen and oxygen atoms in total. The van der Waals surface area contributed by atoms with E-state index >= 15 is 0 Å². The summed E-state index contributed by atoms with van der Waals surface area (Å²) in [5.41, 5.74) is 2.79. The van der Waals surface area contributed by atoms with E-state index in [4.69, 9.17) is 0 Å². The number of hydrogen-bond donors (Lipinski definition) is 0.